The third kappa shape index (κ3) is 5.25. The Morgan fingerprint density at radius 2 is 1.82 bits per heavy atom. The van der Waals surface area contributed by atoms with E-state index in [1.165, 1.54) is 6.07 Å². The Hall–Kier alpha value is -3.99. The van der Waals surface area contributed by atoms with Crippen LogP contribution < -0.4 is 5.32 Å². The largest absolute Gasteiger partial charge is 0.333 e. The summed E-state index contributed by atoms with van der Waals surface area (Å²) in [5.74, 6) is 0.185. The fourth-order valence-corrected chi connectivity index (χ4v) is 5.45. The lowest BCUT2D eigenvalue weighted by Gasteiger charge is -2.38. The van der Waals surface area contributed by atoms with E-state index in [1.54, 1.807) is 18.3 Å². The van der Waals surface area contributed by atoms with Crippen molar-refractivity contribution >= 4 is 28.7 Å². The highest BCUT2D eigenvalue weighted by atomic mass is 19.1. The van der Waals surface area contributed by atoms with Gasteiger partial charge >= 0.3 is 0 Å². The topological polar surface area (TPSA) is 92.1 Å². The van der Waals surface area contributed by atoms with Crippen LogP contribution in [0, 0.1) is 18.6 Å². The summed E-state index contributed by atoms with van der Waals surface area (Å²) in [6.45, 7) is 12.7. The van der Waals surface area contributed by atoms with Crippen molar-refractivity contribution < 1.29 is 13.6 Å². The number of benzene rings is 1. The summed E-state index contributed by atoms with van der Waals surface area (Å²) in [6, 6.07) is 6.64. The lowest BCUT2D eigenvalue weighted by atomic mass is 10.0. The van der Waals surface area contributed by atoms with Gasteiger partial charge in [0.2, 0.25) is 11.9 Å². The number of rotatable bonds is 8. The number of pyridine rings is 1. The summed E-state index contributed by atoms with van der Waals surface area (Å²) in [4.78, 5) is 34.1. The van der Waals surface area contributed by atoms with E-state index in [1.807, 2.05) is 36.3 Å². The van der Waals surface area contributed by atoms with E-state index in [0.717, 1.165) is 31.3 Å². The van der Waals surface area contributed by atoms with E-state index in [0.29, 0.717) is 30.2 Å². The van der Waals surface area contributed by atoms with Crippen molar-refractivity contribution in [1.82, 2.24) is 34.3 Å². The molecule has 1 N–H and O–H groups in total. The molecule has 1 aliphatic rings. The van der Waals surface area contributed by atoms with Crippen LogP contribution >= 0.6 is 0 Å². The number of amides is 1. The van der Waals surface area contributed by atoms with Crippen LogP contribution in [0.1, 0.15) is 57.6 Å². The third-order valence-corrected chi connectivity index (χ3v) is 7.42. The molecule has 210 valence electrons. The van der Waals surface area contributed by atoms with Gasteiger partial charge in [0.05, 0.1) is 24.3 Å². The molecule has 1 aliphatic heterocycles. The number of likely N-dealkylation sites (N-methyl/N-ethyl adjacent to an activating group) is 1. The molecular formula is C29H34F2N8O. The van der Waals surface area contributed by atoms with E-state index in [2.05, 4.69) is 44.0 Å². The molecule has 4 heterocycles. The number of piperazine rings is 1. The number of aromatic nitrogens is 5. The minimum absolute atomic E-state index is 0.0279. The van der Waals surface area contributed by atoms with Gasteiger partial charge in [0.25, 0.3) is 0 Å². The zero-order valence-electron chi connectivity index (χ0n) is 23.4. The minimum Gasteiger partial charge on any atom is -0.333 e. The fourth-order valence-electron chi connectivity index (χ4n) is 5.45. The minimum atomic E-state index is -0.668. The van der Waals surface area contributed by atoms with Gasteiger partial charge in [0.15, 0.2) is 11.6 Å². The number of carbonyl (C=O) groups excluding carboxylic acids is 1. The normalized spacial score (nSPS) is 15.3. The number of halogens is 2. The summed E-state index contributed by atoms with van der Waals surface area (Å²) in [5.41, 5.74) is 2.02. The van der Waals surface area contributed by atoms with Gasteiger partial charge in [-0.25, -0.2) is 28.7 Å². The average molecular weight is 549 g/mol. The maximum atomic E-state index is 15.0. The van der Waals surface area contributed by atoms with Crippen LogP contribution in [-0.4, -0.2) is 66.4 Å². The van der Waals surface area contributed by atoms with E-state index in [4.69, 9.17) is 0 Å². The van der Waals surface area contributed by atoms with Crippen LogP contribution in [0.4, 0.5) is 20.5 Å². The molecule has 1 amide bonds. The maximum absolute atomic E-state index is 15.0. The number of hydrogen-bond acceptors (Lipinski definition) is 7. The standard InChI is InChI=1S/C29H34F2N8O/c1-6-23(38-11-10-37(7-2)16-26(38)40)19-8-9-25(32-14-19)35-29-33-15-22(31)27(36-29)20-12-21(30)28-24(13-20)39(17(3)4)18(5)34-28/h8-9,12-15,17,23H,6-7,10-11,16H2,1-5H3,(H,32,33,35,36)/t23-/m0/s1. The first-order valence-corrected chi connectivity index (χ1v) is 13.7. The maximum Gasteiger partial charge on any atom is 0.237 e. The van der Waals surface area contributed by atoms with Crippen LogP contribution in [0.2, 0.25) is 0 Å². The second-order valence-electron chi connectivity index (χ2n) is 10.3. The molecular weight excluding hydrogens is 514 g/mol. The first-order valence-electron chi connectivity index (χ1n) is 13.7. The van der Waals surface area contributed by atoms with Crippen molar-refractivity contribution in [2.45, 2.75) is 53.1 Å². The lowest BCUT2D eigenvalue weighted by Crippen LogP contribution is -2.51. The summed E-state index contributed by atoms with van der Waals surface area (Å²) in [6.07, 6.45) is 3.56. The van der Waals surface area contributed by atoms with Crippen LogP contribution in [0.5, 0.6) is 0 Å². The number of anilines is 2. The van der Waals surface area contributed by atoms with Gasteiger partial charge in [-0.3, -0.25) is 9.69 Å². The second-order valence-corrected chi connectivity index (χ2v) is 10.3. The first kappa shape index (κ1) is 27.6. The third-order valence-electron chi connectivity index (χ3n) is 7.42. The predicted molar refractivity (Wildman–Crippen MR) is 150 cm³/mol. The zero-order chi connectivity index (χ0) is 28.6. The number of nitrogens with one attached hydrogen (secondary N) is 1. The average Bonchev–Trinajstić information content (AvgIpc) is 3.28. The van der Waals surface area contributed by atoms with E-state index < -0.39 is 11.6 Å². The molecule has 40 heavy (non-hydrogen) atoms. The van der Waals surface area contributed by atoms with E-state index >= 15 is 4.39 Å². The summed E-state index contributed by atoms with van der Waals surface area (Å²) < 4.78 is 31.8. The Labute approximate surface area is 232 Å². The Bertz CT molecular complexity index is 1540. The molecule has 1 atom stereocenters. The molecule has 1 fully saturated rings. The smallest absolute Gasteiger partial charge is 0.237 e. The fraction of sp³-hybridized carbons (Fsp3) is 0.414. The van der Waals surface area contributed by atoms with Gasteiger partial charge in [-0.05, 0) is 57.5 Å². The number of aryl methyl sites for hydroxylation is 1. The van der Waals surface area contributed by atoms with Gasteiger partial charge in [0.1, 0.15) is 22.9 Å². The number of imidazole rings is 1. The number of fused-ring (bicyclic) bond motifs is 1. The number of carbonyl (C=O) groups is 1. The molecule has 11 heteroatoms. The molecule has 4 aromatic rings. The van der Waals surface area contributed by atoms with Crippen LogP contribution in [0.3, 0.4) is 0 Å². The Kier molecular flexibility index (Phi) is 7.75. The predicted octanol–water partition coefficient (Wildman–Crippen LogP) is 5.41. The number of nitrogens with zero attached hydrogens (tertiary/aromatic N) is 7. The molecule has 0 unspecified atom stereocenters. The highest BCUT2D eigenvalue weighted by Gasteiger charge is 2.29. The molecule has 1 aromatic carbocycles. The SMILES string of the molecule is CC[C@@H](c1ccc(Nc2ncc(F)c(-c3cc(F)c4nc(C)n(C(C)C)c4c3)n2)nc1)N1CCN(CC)CC1=O. The Morgan fingerprint density at radius 3 is 2.48 bits per heavy atom. The molecule has 9 nitrogen and oxygen atoms in total. The van der Waals surface area contributed by atoms with E-state index in [-0.39, 0.29) is 40.7 Å². The molecule has 0 radical (unpaired) electrons. The highest BCUT2D eigenvalue weighted by Crippen LogP contribution is 2.31. The van der Waals surface area contributed by atoms with Crippen molar-refractivity contribution in [3.05, 3.63) is 59.7 Å². The van der Waals surface area contributed by atoms with Crippen LogP contribution in [0.25, 0.3) is 22.3 Å². The molecule has 0 saturated carbocycles. The van der Waals surface area contributed by atoms with Crippen molar-refractivity contribution in [3.8, 4) is 11.3 Å². The molecule has 3 aromatic heterocycles. The molecule has 0 spiro atoms. The summed E-state index contributed by atoms with van der Waals surface area (Å²) >= 11 is 0. The zero-order valence-corrected chi connectivity index (χ0v) is 23.4. The van der Waals surface area contributed by atoms with Crippen LogP contribution in [-0.2, 0) is 4.79 Å². The van der Waals surface area contributed by atoms with Gasteiger partial charge in [-0.15, -0.1) is 0 Å². The molecule has 0 aliphatic carbocycles. The van der Waals surface area contributed by atoms with Gasteiger partial charge in [-0.1, -0.05) is 19.9 Å². The second kappa shape index (κ2) is 11.2. The Morgan fingerprint density at radius 1 is 1.02 bits per heavy atom. The van der Waals surface area contributed by atoms with Crippen molar-refractivity contribution in [2.24, 2.45) is 0 Å². The molecule has 5 rings (SSSR count). The molecule has 1 saturated heterocycles. The monoisotopic (exact) mass is 548 g/mol. The van der Waals surface area contributed by atoms with Gasteiger partial charge in [0, 0.05) is 30.9 Å². The number of hydrogen-bond donors (Lipinski definition) is 1. The first-order chi connectivity index (χ1) is 19.2. The van der Waals surface area contributed by atoms with Crippen molar-refractivity contribution in [1.29, 1.82) is 0 Å². The summed E-state index contributed by atoms with van der Waals surface area (Å²) in [7, 11) is 0. The van der Waals surface area contributed by atoms with Gasteiger partial charge < -0.3 is 14.8 Å². The van der Waals surface area contributed by atoms with Crippen LogP contribution in [0.15, 0.2) is 36.7 Å². The van der Waals surface area contributed by atoms with Crippen molar-refractivity contribution in [3.63, 3.8) is 0 Å². The molecule has 0 bridgehead atoms. The quantitative estimate of drug-likeness (QED) is 0.315. The van der Waals surface area contributed by atoms with E-state index in [9.17, 15) is 9.18 Å². The lowest BCUT2D eigenvalue weighted by molar-refractivity contribution is -0.138. The highest BCUT2D eigenvalue weighted by molar-refractivity contribution is 5.83. The Balaban J connectivity index is 1.39. The van der Waals surface area contributed by atoms with Gasteiger partial charge in [-0.2, -0.15) is 0 Å². The van der Waals surface area contributed by atoms with Crippen molar-refractivity contribution in [2.75, 3.05) is 31.5 Å². The summed E-state index contributed by atoms with van der Waals surface area (Å²) in [5, 5.41) is 3.01.